The van der Waals surface area contributed by atoms with Crippen molar-refractivity contribution in [2.75, 3.05) is 51.3 Å². The molecule has 1 aliphatic heterocycles. The molecule has 150 valence electrons. The van der Waals surface area contributed by atoms with Gasteiger partial charge in [-0.3, -0.25) is 9.69 Å². The smallest absolute Gasteiger partial charge is 0.241 e. The highest BCUT2D eigenvalue weighted by atomic mass is 19.1. The molecule has 0 bridgehead atoms. The molecule has 0 aliphatic carbocycles. The molecule has 0 spiro atoms. The zero-order valence-electron chi connectivity index (χ0n) is 16.3. The van der Waals surface area contributed by atoms with Gasteiger partial charge >= 0.3 is 0 Å². The Morgan fingerprint density at radius 3 is 2.64 bits per heavy atom. The summed E-state index contributed by atoms with van der Waals surface area (Å²) in [5.41, 5.74) is 1.83. The maximum atomic E-state index is 13.7. The largest absolute Gasteiger partial charge is 0.379 e. The van der Waals surface area contributed by atoms with Crippen molar-refractivity contribution >= 4 is 11.6 Å². The van der Waals surface area contributed by atoms with Crippen molar-refractivity contribution in [3.63, 3.8) is 0 Å². The summed E-state index contributed by atoms with van der Waals surface area (Å²) in [6.45, 7) is 3.90. The van der Waals surface area contributed by atoms with Gasteiger partial charge in [0.05, 0.1) is 13.2 Å². The standard InChI is InChI=1S/C22H28FN3O2/c1-25(20-9-3-2-4-10-20)12-6-11-24-22(27)21(26-13-15-28-16-14-26)18-7-5-8-19(23)17-18/h2-5,7-10,17,21H,6,11-16H2,1H3,(H,24,27)/t21-/m0/s1. The average Bonchev–Trinajstić information content (AvgIpc) is 2.73. The Balaban J connectivity index is 1.57. The Bertz CT molecular complexity index is 750. The summed E-state index contributed by atoms with van der Waals surface area (Å²) in [6, 6.07) is 16.0. The van der Waals surface area contributed by atoms with Gasteiger partial charge in [0, 0.05) is 38.9 Å². The van der Waals surface area contributed by atoms with E-state index in [0.717, 1.165) is 18.7 Å². The maximum absolute atomic E-state index is 13.7. The molecule has 0 aromatic heterocycles. The van der Waals surface area contributed by atoms with E-state index in [9.17, 15) is 9.18 Å². The molecular formula is C22H28FN3O2. The summed E-state index contributed by atoms with van der Waals surface area (Å²) in [5, 5.41) is 3.03. The van der Waals surface area contributed by atoms with Gasteiger partial charge in [0.15, 0.2) is 0 Å². The van der Waals surface area contributed by atoms with Gasteiger partial charge in [-0.15, -0.1) is 0 Å². The van der Waals surface area contributed by atoms with Crippen LogP contribution in [0.2, 0.25) is 0 Å². The van der Waals surface area contributed by atoms with Crippen LogP contribution in [0, 0.1) is 5.82 Å². The zero-order chi connectivity index (χ0) is 19.8. The van der Waals surface area contributed by atoms with E-state index in [-0.39, 0.29) is 11.7 Å². The highest BCUT2D eigenvalue weighted by Crippen LogP contribution is 2.23. The molecule has 28 heavy (non-hydrogen) atoms. The molecule has 1 amide bonds. The van der Waals surface area contributed by atoms with Crippen LogP contribution in [-0.4, -0.2) is 57.2 Å². The van der Waals surface area contributed by atoms with Gasteiger partial charge in [-0.25, -0.2) is 4.39 Å². The lowest BCUT2D eigenvalue weighted by atomic mass is 10.0. The number of amides is 1. The molecule has 0 saturated carbocycles. The highest BCUT2D eigenvalue weighted by Gasteiger charge is 2.29. The molecule has 1 N–H and O–H groups in total. The van der Waals surface area contributed by atoms with Crippen molar-refractivity contribution < 1.29 is 13.9 Å². The van der Waals surface area contributed by atoms with Crippen molar-refractivity contribution in [2.45, 2.75) is 12.5 Å². The number of halogens is 1. The van der Waals surface area contributed by atoms with Gasteiger partial charge < -0.3 is 15.0 Å². The number of ether oxygens (including phenoxy) is 1. The van der Waals surface area contributed by atoms with Gasteiger partial charge in [0.1, 0.15) is 11.9 Å². The minimum absolute atomic E-state index is 0.0881. The number of carbonyl (C=O) groups is 1. The van der Waals surface area contributed by atoms with Crippen LogP contribution in [0.15, 0.2) is 54.6 Å². The summed E-state index contributed by atoms with van der Waals surface area (Å²) >= 11 is 0. The third-order valence-electron chi connectivity index (χ3n) is 4.99. The second-order valence-corrected chi connectivity index (χ2v) is 7.01. The summed E-state index contributed by atoms with van der Waals surface area (Å²) < 4.78 is 19.1. The van der Waals surface area contributed by atoms with E-state index in [2.05, 4.69) is 27.2 Å². The quantitative estimate of drug-likeness (QED) is 0.710. The van der Waals surface area contributed by atoms with Gasteiger partial charge in [0.25, 0.3) is 0 Å². The zero-order valence-corrected chi connectivity index (χ0v) is 16.3. The van der Waals surface area contributed by atoms with Gasteiger partial charge in [0.2, 0.25) is 5.91 Å². The number of hydrogen-bond acceptors (Lipinski definition) is 4. The molecule has 3 rings (SSSR count). The third-order valence-corrected chi connectivity index (χ3v) is 4.99. The van der Waals surface area contributed by atoms with Crippen LogP contribution in [0.1, 0.15) is 18.0 Å². The topological polar surface area (TPSA) is 44.8 Å². The molecule has 0 unspecified atom stereocenters. The van der Waals surface area contributed by atoms with Crippen molar-refractivity contribution in [3.8, 4) is 0 Å². The van der Waals surface area contributed by atoms with Crippen LogP contribution in [0.5, 0.6) is 0 Å². The van der Waals surface area contributed by atoms with Gasteiger partial charge in [-0.1, -0.05) is 30.3 Å². The Morgan fingerprint density at radius 1 is 1.18 bits per heavy atom. The molecule has 2 aromatic rings. The number of carbonyl (C=O) groups excluding carboxylic acids is 1. The fourth-order valence-electron chi connectivity index (χ4n) is 3.48. The number of morpholine rings is 1. The van der Waals surface area contributed by atoms with E-state index >= 15 is 0 Å². The Kier molecular flexibility index (Phi) is 7.39. The first-order chi connectivity index (χ1) is 13.6. The van der Waals surface area contributed by atoms with Crippen LogP contribution < -0.4 is 10.2 Å². The predicted octanol–water partition coefficient (Wildman–Crippen LogP) is 2.84. The molecule has 1 saturated heterocycles. The molecule has 0 radical (unpaired) electrons. The second-order valence-electron chi connectivity index (χ2n) is 7.01. The second kappa shape index (κ2) is 10.2. The first-order valence-corrected chi connectivity index (χ1v) is 9.76. The van der Waals surface area contributed by atoms with E-state index in [0.29, 0.717) is 38.4 Å². The summed E-state index contributed by atoms with van der Waals surface area (Å²) in [7, 11) is 2.04. The number of anilines is 1. The van der Waals surface area contributed by atoms with Crippen molar-refractivity contribution in [2.24, 2.45) is 0 Å². The predicted molar refractivity (Wildman–Crippen MR) is 109 cm³/mol. The lowest BCUT2D eigenvalue weighted by Crippen LogP contribution is -2.46. The maximum Gasteiger partial charge on any atom is 0.241 e. The molecule has 6 heteroatoms. The van der Waals surface area contributed by atoms with Crippen molar-refractivity contribution in [1.29, 1.82) is 0 Å². The minimum atomic E-state index is -0.494. The Labute approximate surface area is 166 Å². The van der Waals surface area contributed by atoms with E-state index in [4.69, 9.17) is 4.74 Å². The number of nitrogens with one attached hydrogen (secondary N) is 1. The Hall–Kier alpha value is -2.44. The minimum Gasteiger partial charge on any atom is -0.379 e. The van der Waals surface area contributed by atoms with Gasteiger partial charge in [-0.2, -0.15) is 0 Å². The summed E-state index contributed by atoms with van der Waals surface area (Å²) in [5.74, 6) is -0.414. The first kappa shape index (κ1) is 20.3. The fourth-order valence-corrected chi connectivity index (χ4v) is 3.48. The van der Waals surface area contributed by atoms with E-state index in [1.807, 2.05) is 31.3 Å². The fraction of sp³-hybridized carbons (Fsp3) is 0.409. The van der Waals surface area contributed by atoms with Crippen LogP contribution in [0.3, 0.4) is 0 Å². The number of para-hydroxylation sites is 1. The number of nitrogens with zero attached hydrogens (tertiary/aromatic N) is 2. The SMILES string of the molecule is CN(CCCNC(=O)[C@H](c1cccc(F)c1)N1CCOCC1)c1ccccc1. The summed E-state index contributed by atoms with van der Waals surface area (Å²) in [4.78, 5) is 17.2. The number of hydrogen-bond donors (Lipinski definition) is 1. The molecule has 1 fully saturated rings. The van der Waals surface area contributed by atoms with E-state index in [1.165, 1.54) is 12.1 Å². The van der Waals surface area contributed by atoms with Crippen molar-refractivity contribution in [1.82, 2.24) is 10.2 Å². The molecular weight excluding hydrogens is 357 g/mol. The molecule has 1 heterocycles. The summed E-state index contributed by atoms with van der Waals surface area (Å²) in [6.07, 6.45) is 0.829. The van der Waals surface area contributed by atoms with E-state index < -0.39 is 6.04 Å². The number of benzene rings is 2. The van der Waals surface area contributed by atoms with Crippen LogP contribution in [-0.2, 0) is 9.53 Å². The highest BCUT2D eigenvalue weighted by molar-refractivity contribution is 5.83. The normalized spacial score (nSPS) is 15.8. The van der Waals surface area contributed by atoms with Crippen molar-refractivity contribution in [3.05, 3.63) is 66.0 Å². The monoisotopic (exact) mass is 385 g/mol. The van der Waals surface area contributed by atoms with E-state index in [1.54, 1.807) is 6.07 Å². The lowest BCUT2D eigenvalue weighted by molar-refractivity contribution is -0.128. The average molecular weight is 385 g/mol. The molecule has 1 atom stereocenters. The number of rotatable bonds is 8. The van der Waals surface area contributed by atoms with Gasteiger partial charge in [-0.05, 0) is 36.2 Å². The van der Waals surface area contributed by atoms with Crippen LogP contribution in [0.4, 0.5) is 10.1 Å². The third kappa shape index (κ3) is 5.53. The van der Waals surface area contributed by atoms with Crippen LogP contribution in [0.25, 0.3) is 0 Å². The molecule has 5 nitrogen and oxygen atoms in total. The first-order valence-electron chi connectivity index (χ1n) is 9.76. The lowest BCUT2D eigenvalue weighted by Gasteiger charge is -2.33. The van der Waals surface area contributed by atoms with Crippen LogP contribution >= 0.6 is 0 Å². The Morgan fingerprint density at radius 2 is 1.93 bits per heavy atom. The molecule has 1 aliphatic rings. The molecule has 2 aromatic carbocycles.